The van der Waals surface area contributed by atoms with E-state index < -0.39 is 0 Å². The molecular formula is C33H39N5O. The maximum absolute atomic E-state index is 5.46. The Balaban J connectivity index is 1.12. The van der Waals surface area contributed by atoms with Gasteiger partial charge in [-0.05, 0) is 79.0 Å². The molecule has 6 rings (SSSR count). The van der Waals surface area contributed by atoms with Crippen molar-refractivity contribution in [3.05, 3.63) is 89.1 Å². The third-order valence-corrected chi connectivity index (χ3v) is 8.17. The summed E-state index contributed by atoms with van der Waals surface area (Å²) in [7, 11) is 2.26. The molecule has 2 aliphatic rings. The van der Waals surface area contributed by atoms with Crippen LogP contribution in [0.25, 0.3) is 34.2 Å². The van der Waals surface area contributed by atoms with Crippen molar-refractivity contribution in [1.82, 2.24) is 25.3 Å². The van der Waals surface area contributed by atoms with Gasteiger partial charge < -0.3 is 10.1 Å². The average molecular weight is 522 g/mol. The molecule has 39 heavy (non-hydrogen) atoms. The lowest BCUT2D eigenvalue weighted by atomic mass is 10.0. The maximum Gasteiger partial charge on any atom is 0.0927 e. The molecule has 0 atom stereocenters. The van der Waals surface area contributed by atoms with E-state index in [0.717, 1.165) is 69.1 Å². The number of aromatic amines is 1. The number of hydrogen-bond acceptors (Lipinski definition) is 5. The monoisotopic (exact) mass is 521 g/mol. The number of H-pyrrole nitrogens is 1. The van der Waals surface area contributed by atoms with Crippen molar-refractivity contribution in [3.8, 4) is 11.1 Å². The molecule has 202 valence electrons. The number of benzene rings is 3. The number of nitrogens with zero attached hydrogens (tertiary/aromatic N) is 3. The fourth-order valence-electron chi connectivity index (χ4n) is 5.73. The second kappa shape index (κ2) is 12.3. The van der Waals surface area contributed by atoms with Gasteiger partial charge in [-0.25, -0.2) is 0 Å². The molecule has 1 aromatic heterocycles. The average Bonchev–Trinajstić information content (AvgIpc) is 3.40. The standard InChI is InChI=1S/C33H39N5O/c1-37(30-14-16-34-17-15-30)23-26-6-9-28(10-7-26)29-11-13-33-31(22-29)32(35-36-33)12-8-25-2-4-27(5-3-25)24-38-18-20-39-21-19-38/h2-13,22,30,34H,14-21,23-24H2,1H3,(H,35,36). The summed E-state index contributed by atoms with van der Waals surface area (Å²) in [5.74, 6) is 0. The van der Waals surface area contributed by atoms with E-state index in [-0.39, 0.29) is 0 Å². The van der Waals surface area contributed by atoms with Gasteiger partial charge in [-0.15, -0.1) is 0 Å². The van der Waals surface area contributed by atoms with Crippen LogP contribution in [-0.4, -0.2) is 72.5 Å². The Kier molecular flexibility index (Phi) is 8.16. The topological polar surface area (TPSA) is 56.4 Å². The van der Waals surface area contributed by atoms with Gasteiger partial charge in [0.2, 0.25) is 0 Å². The molecule has 0 spiro atoms. The molecule has 6 heteroatoms. The van der Waals surface area contributed by atoms with Crippen LogP contribution in [0.2, 0.25) is 0 Å². The lowest BCUT2D eigenvalue weighted by Crippen LogP contribution is -2.40. The molecule has 3 aromatic carbocycles. The summed E-state index contributed by atoms with van der Waals surface area (Å²) in [6.45, 7) is 7.92. The molecule has 0 aliphatic carbocycles. The van der Waals surface area contributed by atoms with Gasteiger partial charge in [0.1, 0.15) is 0 Å². The second-order valence-corrected chi connectivity index (χ2v) is 10.9. The van der Waals surface area contributed by atoms with Gasteiger partial charge >= 0.3 is 0 Å². The minimum Gasteiger partial charge on any atom is -0.379 e. The molecule has 2 fully saturated rings. The normalized spacial score (nSPS) is 17.5. The van der Waals surface area contributed by atoms with Crippen LogP contribution in [0.4, 0.5) is 0 Å². The number of ether oxygens (including phenoxy) is 1. The van der Waals surface area contributed by atoms with E-state index in [1.807, 2.05) is 0 Å². The first-order chi connectivity index (χ1) is 19.2. The van der Waals surface area contributed by atoms with Gasteiger partial charge in [-0.1, -0.05) is 60.7 Å². The Morgan fingerprint density at radius 2 is 1.62 bits per heavy atom. The zero-order valence-corrected chi connectivity index (χ0v) is 22.9. The first-order valence-electron chi connectivity index (χ1n) is 14.3. The molecule has 0 bridgehead atoms. The van der Waals surface area contributed by atoms with E-state index in [0.29, 0.717) is 6.04 Å². The highest BCUT2D eigenvalue weighted by atomic mass is 16.5. The summed E-state index contributed by atoms with van der Waals surface area (Å²) in [6.07, 6.45) is 6.72. The highest BCUT2D eigenvalue weighted by Gasteiger charge is 2.17. The van der Waals surface area contributed by atoms with Crippen LogP contribution >= 0.6 is 0 Å². The number of fused-ring (bicyclic) bond motifs is 1. The smallest absolute Gasteiger partial charge is 0.0927 e. The van der Waals surface area contributed by atoms with Crippen LogP contribution in [0.3, 0.4) is 0 Å². The van der Waals surface area contributed by atoms with E-state index in [1.54, 1.807) is 0 Å². The number of hydrogen-bond donors (Lipinski definition) is 2. The zero-order chi connectivity index (χ0) is 26.4. The molecule has 6 nitrogen and oxygen atoms in total. The third-order valence-electron chi connectivity index (χ3n) is 8.17. The van der Waals surface area contributed by atoms with Crippen molar-refractivity contribution in [2.45, 2.75) is 32.0 Å². The first-order valence-corrected chi connectivity index (χ1v) is 14.3. The number of morpholine rings is 1. The molecule has 4 aromatic rings. The van der Waals surface area contributed by atoms with E-state index in [4.69, 9.17) is 4.74 Å². The van der Waals surface area contributed by atoms with Crippen molar-refractivity contribution < 1.29 is 4.74 Å². The van der Waals surface area contributed by atoms with Crippen molar-refractivity contribution in [2.75, 3.05) is 46.4 Å². The second-order valence-electron chi connectivity index (χ2n) is 10.9. The molecule has 0 saturated carbocycles. The lowest BCUT2D eigenvalue weighted by molar-refractivity contribution is 0.0342. The van der Waals surface area contributed by atoms with Crippen LogP contribution in [0.15, 0.2) is 66.7 Å². The number of piperidine rings is 1. The zero-order valence-electron chi connectivity index (χ0n) is 22.9. The summed E-state index contributed by atoms with van der Waals surface area (Å²) in [6, 6.07) is 25.1. The van der Waals surface area contributed by atoms with Gasteiger partial charge in [0, 0.05) is 37.6 Å². The Labute approximate surface area is 231 Å². The Hall–Kier alpha value is -3.29. The van der Waals surface area contributed by atoms with E-state index >= 15 is 0 Å². The van der Waals surface area contributed by atoms with Crippen molar-refractivity contribution >= 4 is 23.1 Å². The molecular weight excluding hydrogens is 482 g/mol. The third kappa shape index (κ3) is 6.48. The van der Waals surface area contributed by atoms with Gasteiger partial charge in [-0.3, -0.25) is 14.9 Å². The van der Waals surface area contributed by atoms with Crippen LogP contribution in [0, 0.1) is 0 Å². The van der Waals surface area contributed by atoms with Gasteiger partial charge in [0.15, 0.2) is 0 Å². The van der Waals surface area contributed by atoms with Gasteiger partial charge in [0.25, 0.3) is 0 Å². The van der Waals surface area contributed by atoms with Crippen molar-refractivity contribution in [3.63, 3.8) is 0 Å². The summed E-state index contributed by atoms with van der Waals surface area (Å²) in [4.78, 5) is 4.95. The highest BCUT2D eigenvalue weighted by Crippen LogP contribution is 2.27. The quantitative estimate of drug-likeness (QED) is 0.324. The SMILES string of the molecule is CN(Cc1ccc(-c2ccc3[nH]nc(C=Cc4ccc(CN5CCOCC5)cc4)c3c2)cc1)C1CCNCC1. The lowest BCUT2D eigenvalue weighted by Gasteiger charge is -2.31. The van der Waals surface area contributed by atoms with Crippen LogP contribution in [-0.2, 0) is 17.8 Å². The van der Waals surface area contributed by atoms with Gasteiger partial charge in [-0.2, -0.15) is 5.10 Å². The van der Waals surface area contributed by atoms with E-state index in [2.05, 4.69) is 111 Å². The summed E-state index contributed by atoms with van der Waals surface area (Å²) < 4.78 is 5.46. The van der Waals surface area contributed by atoms with Crippen LogP contribution in [0.5, 0.6) is 0 Å². The molecule has 2 N–H and O–H groups in total. The molecule has 0 amide bonds. The molecule has 2 saturated heterocycles. The Bertz CT molecular complexity index is 1380. The maximum atomic E-state index is 5.46. The Morgan fingerprint density at radius 3 is 2.38 bits per heavy atom. The number of aromatic nitrogens is 2. The molecule has 3 heterocycles. The van der Waals surface area contributed by atoms with Gasteiger partial charge in [0.05, 0.1) is 24.4 Å². The summed E-state index contributed by atoms with van der Waals surface area (Å²) in [5, 5.41) is 12.4. The van der Waals surface area contributed by atoms with E-state index in [9.17, 15) is 0 Å². The molecule has 0 radical (unpaired) electrons. The van der Waals surface area contributed by atoms with Crippen LogP contribution in [0.1, 0.15) is 35.2 Å². The van der Waals surface area contributed by atoms with Crippen molar-refractivity contribution in [1.29, 1.82) is 0 Å². The van der Waals surface area contributed by atoms with Crippen molar-refractivity contribution in [2.24, 2.45) is 0 Å². The predicted octanol–water partition coefficient (Wildman–Crippen LogP) is 5.42. The predicted molar refractivity (Wildman–Crippen MR) is 160 cm³/mol. The largest absolute Gasteiger partial charge is 0.379 e. The molecule has 0 unspecified atom stereocenters. The van der Waals surface area contributed by atoms with Crippen LogP contribution < -0.4 is 5.32 Å². The summed E-state index contributed by atoms with van der Waals surface area (Å²) in [5.41, 5.74) is 8.35. The fraction of sp³-hybridized carbons (Fsp3) is 0.364. The number of rotatable bonds is 8. The minimum absolute atomic E-state index is 0.675. The minimum atomic E-state index is 0.675. The Morgan fingerprint density at radius 1 is 0.897 bits per heavy atom. The van der Waals surface area contributed by atoms with E-state index in [1.165, 1.54) is 40.7 Å². The number of nitrogens with one attached hydrogen (secondary N) is 2. The first kappa shape index (κ1) is 26.0. The summed E-state index contributed by atoms with van der Waals surface area (Å²) >= 11 is 0. The molecule has 2 aliphatic heterocycles. The fourth-order valence-corrected chi connectivity index (χ4v) is 5.73. The highest BCUT2D eigenvalue weighted by molar-refractivity contribution is 5.92.